The minimum Gasteiger partial charge on any atom is -0.439 e. The lowest BCUT2D eigenvalue weighted by Crippen LogP contribution is -2.13. The Morgan fingerprint density at radius 2 is 1.83 bits per heavy atom. The predicted octanol–water partition coefficient (Wildman–Crippen LogP) is 3.23. The van der Waals surface area contributed by atoms with Gasteiger partial charge in [0.15, 0.2) is 12.4 Å². The first-order chi connectivity index (χ1) is 11.4. The zero-order valence-electron chi connectivity index (χ0n) is 14.2. The molecule has 0 aliphatic carbocycles. The molecule has 0 radical (unpaired) electrons. The first-order valence-electron chi connectivity index (χ1n) is 7.74. The molecular weight excluding hydrogens is 308 g/mol. The summed E-state index contributed by atoms with van der Waals surface area (Å²) in [5.41, 5.74) is 2.14. The van der Waals surface area contributed by atoms with Crippen molar-refractivity contribution < 1.29 is 13.7 Å². The van der Waals surface area contributed by atoms with Gasteiger partial charge in [-0.1, -0.05) is 50.2 Å². The fourth-order valence-corrected chi connectivity index (χ4v) is 2.09. The minimum absolute atomic E-state index is 0.0898. The van der Waals surface area contributed by atoms with Gasteiger partial charge in [0.05, 0.1) is 6.42 Å². The van der Waals surface area contributed by atoms with Crippen LogP contribution >= 0.6 is 0 Å². The molecule has 0 aliphatic rings. The van der Waals surface area contributed by atoms with Crippen LogP contribution in [-0.2, 0) is 18.4 Å². The molecule has 0 N–H and O–H groups in total. The Labute approximate surface area is 140 Å². The predicted molar refractivity (Wildman–Crippen MR) is 85.6 cm³/mol. The van der Waals surface area contributed by atoms with Gasteiger partial charge in [-0.05, 0) is 18.1 Å². The van der Waals surface area contributed by atoms with Gasteiger partial charge in [-0.2, -0.15) is 4.98 Å². The van der Waals surface area contributed by atoms with E-state index < -0.39 is 0 Å². The molecule has 7 heteroatoms. The van der Waals surface area contributed by atoms with Crippen molar-refractivity contribution in [3.8, 4) is 6.08 Å². The summed E-state index contributed by atoms with van der Waals surface area (Å²) < 4.78 is 16.1. The van der Waals surface area contributed by atoms with Crippen LogP contribution in [0.3, 0.4) is 0 Å². The Kier molecular flexibility index (Phi) is 4.33. The molecule has 0 unspecified atom stereocenters. The normalized spacial score (nSPS) is 11.7. The minimum atomic E-state index is -0.198. The monoisotopic (exact) mass is 328 g/mol. The van der Waals surface area contributed by atoms with Crippen molar-refractivity contribution in [1.82, 2.24) is 20.3 Å². The van der Waals surface area contributed by atoms with Crippen LogP contribution in [0, 0.1) is 6.92 Å². The SMILES string of the molecule is Cc1ccccc1Cc1nnc(COc2nc(C(C)(C)C)no2)o1. The highest BCUT2D eigenvalue weighted by Gasteiger charge is 2.21. The van der Waals surface area contributed by atoms with E-state index in [0.29, 0.717) is 24.0 Å². The summed E-state index contributed by atoms with van der Waals surface area (Å²) in [5.74, 6) is 1.50. The van der Waals surface area contributed by atoms with Crippen LogP contribution in [0.25, 0.3) is 0 Å². The highest BCUT2D eigenvalue weighted by molar-refractivity contribution is 5.27. The molecule has 0 spiro atoms. The molecule has 3 aromatic rings. The largest absolute Gasteiger partial charge is 0.439 e. The Bertz CT molecular complexity index is 817. The number of nitrogens with zero attached hydrogens (tertiary/aromatic N) is 4. The zero-order chi connectivity index (χ0) is 17.2. The van der Waals surface area contributed by atoms with Crippen molar-refractivity contribution in [2.75, 3.05) is 0 Å². The molecular formula is C17H20N4O3. The van der Waals surface area contributed by atoms with Gasteiger partial charge in [0.1, 0.15) is 0 Å². The van der Waals surface area contributed by atoms with Crippen molar-refractivity contribution in [3.05, 3.63) is 53.0 Å². The third kappa shape index (κ3) is 3.79. The fourth-order valence-electron chi connectivity index (χ4n) is 2.09. The zero-order valence-corrected chi connectivity index (χ0v) is 14.2. The van der Waals surface area contributed by atoms with E-state index in [1.54, 1.807) is 0 Å². The summed E-state index contributed by atoms with van der Waals surface area (Å²) in [4.78, 5) is 4.19. The number of aryl methyl sites for hydroxylation is 1. The molecule has 0 bridgehead atoms. The summed E-state index contributed by atoms with van der Waals surface area (Å²) in [5, 5.41) is 11.9. The number of hydrogen-bond donors (Lipinski definition) is 0. The Morgan fingerprint density at radius 1 is 1.08 bits per heavy atom. The molecule has 0 saturated heterocycles. The van der Waals surface area contributed by atoms with E-state index in [-0.39, 0.29) is 18.1 Å². The highest BCUT2D eigenvalue weighted by atomic mass is 16.6. The van der Waals surface area contributed by atoms with Gasteiger partial charge in [-0.3, -0.25) is 4.52 Å². The summed E-state index contributed by atoms with van der Waals surface area (Å²) in [6.07, 6.45) is 0.688. The maximum absolute atomic E-state index is 5.60. The lowest BCUT2D eigenvalue weighted by Gasteiger charge is -2.10. The number of hydrogen-bond acceptors (Lipinski definition) is 7. The molecule has 7 nitrogen and oxygen atoms in total. The Balaban J connectivity index is 1.60. The van der Waals surface area contributed by atoms with Crippen molar-refractivity contribution in [2.45, 2.75) is 46.1 Å². The molecule has 126 valence electrons. The van der Waals surface area contributed by atoms with Gasteiger partial charge in [0.2, 0.25) is 5.89 Å². The van der Waals surface area contributed by atoms with Gasteiger partial charge in [0, 0.05) is 5.41 Å². The van der Waals surface area contributed by atoms with Crippen LogP contribution in [0.4, 0.5) is 0 Å². The molecule has 3 rings (SSSR count). The average Bonchev–Trinajstić information content (AvgIpc) is 3.16. The summed E-state index contributed by atoms with van der Waals surface area (Å²) in [6, 6.07) is 8.09. The number of aromatic nitrogens is 4. The number of rotatable bonds is 5. The fraction of sp³-hybridized carbons (Fsp3) is 0.412. The molecule has 24 heavy (non-hydrogen) atoms. The molecule has 0 saturated carbocycles. The highest BCUT2D eigenvalue weighted by Crippen LogP contribution is 2.21. The number of ether oxygens (including phenoxy) is 1. The van der Waals surface area contributed by atoms with Crippen molar-refractivity contribution in [1.29, 1.82) is 0 Å². The van der Waals surface area contributed by atoms with Crippen molar-refractivity contribution >= 4 is 0 Å². The maximum atomic E-state index is 5.60. The maximum Gasteiger partial charge on any atom is 0.417 e. The first kappa shape index (κ1) is 16.2. The van der Waals surface area contributed by atoms with Gasteiger partial charge < -0.3 is 9.15 Å². The van der Waals surface area contributed by atoms with Crippen LogP contribution in [0.1, 0.15) is 49.5 Å². The second-order valence-corrected chi connectivity index (χ2v) is 6.62. The van der Waals surface area contributed by atoms with E-state index in [0.717, 1.165) is 5.56 Å². The van der Waals surface area contributed by atoms with E-state index in [1.807, 2.05) is 39.0 Å². The lowest BCUT2D eigenvalue weighted by molar-refractivity contribution is 0.175. The summed E-state index contributed by atoms with van der Waals surface area (Å²) in [7, 11) is 0. The van der Waals surface area contributed by atoms with E-state index >= 15 is 0 Å². The molecule has 1 aromatic carbocycles. The van der Waals surface area contributed by atoms with Gasteiger partial charge in [-0.15, -0.1) is 10.2 Å². The third-order valence-electron chi connectivity index (χ3n) is 3.51. The average molecular weight is 328 g/mol. The second kappa shape index (κ2) is 6.43. The van der Waals surface area contributed by atoms with Gasteiger partial charge in [0.25, 0.3) is 5.89 Å². The van der Waals surface area contributed by atoms with E-state index in [4.69, 9.17) is 13.7 Å². The summed E-state index contributed by atoms with van der Waals surface area (Å²) >= 11 is 0. The van der Waals surface area contributed by atoms with Gasteiger partial charge in [-0.25, -0.2) is 0 Å². The molecule has 0 aliphatic heterocycles. The topological polar surface area (TPSA) is 87.1 Å². The molecule has 0 fully saturated rings. The lowest BCUT2D eigenvalue weighted by atomic mass is 9.96. The smallest absolute Gasteiger partial charge is 0.417 e. The van der Waals surface area contributed by atoms with Gasteiger partial charge >= 0.3 is 6.08 Å². The van der Waals surface area contributed by atoms with E-state index in [2.05, 4.69) is 33.3 Å². The quantitative estimate of drug-likeness (QED) is 0.710. The first-order valence-corrected chi connectivity index (χ1v) is 7.74. The van der Waals surface area contributed by atoms with Crippen molar-refractivity contribution in [3.63, 3.8) is 0 Å². The summed E-state index contributed by atoms with van der Waals surface area (Å²) in [6.45, 7) is 8.14. The molecule has 0 atom stereocenters. The van der Waals surface area contributed by atoms with E-state index in [1.165, 1.54) is 5.56 Å². The van der Waals surface area contributed by atoms with E-state index in [9.17, 15) is 0 Å². The molecule has 0 amide bonds. The van der Waals surface area contributed by atoms with Crippen LogP contribution in [-0.4, -0.2) is 20.3 Å². The Hall–Kier alpha value is -2.70. The molecule has 2 aromatic heterocycles. The second-order valence-electron chi connectivity index (χ2n) is 6.62. The third-order valence-corrected chi connectivity index (χ3v) is 3.51. The van der Waals surface area contributed by atoms with Crippen LogP contribution in [0.15, 0.2) is 33.2 Å². The standard InChI is InChI=1S/C17H20N4O3/c1-11-7-5-6-8-12(11)9-13-19-20-14(23-13)10-22-16-18-15(21-24-16)17(2,3)4/h5-8H,9-10H2,1-4H3. The van der Waals surface area contributed by atoms with Crippen LogP contribution in [0.5, 0.6) is 6.08 Å². The number of benzene rings is 1. The van der Waals surface area contributed by atoms with Crippen LogP contribution < -0.4 is 4.74 Å². The Morgan fingerprint density at radius 3 is 2.54 bits per heavy atom. The van der Waals surface area contributed by atoms with Crippen molar-refractivity contribution in [2.24, 2.45) is 0 Å². The van der Waals surface area contributed by atoms with Crippen LogP contribution in [0.2, 0.25) is 0 Å². The molecule has 2 heterocycles.